The summed E-state index contributed by atoms with van der Waals surface area (Å²) in [6, 6.07) is 20.4. The van der Waals surface area contributed by atoms with E-state index in [1.165, 1.54) is 47.2 Å². The Bertz CT molecular complexity index is 784. The molecule has 0 nitrogen and oxygen atoms in total. The predicted molar refractivity (Wildman–Crippen MR) is 91.8 cm³/mol. The third-order valence-corrected chi connectivity index (χ3v) is 5.32. The van der Waals surface area contributed by atoms with E-state index in [1.807, 2.05) is 0 Å². The Labute approximate surface area is 126 Å². The van der Waals surface area contributed by atoms with Crippen molar-refractivity contribution in [2.24, 2.45) is 5.92 Å². The molecule has 0 aliphatic heterocycles. The van der Waals surface area contributed by atoms with Crippen LogP contribution in [0.2, 0.25) is 0 Å². The fourth-order valence-electron chi connectivity index (χ4n) is 3.96. The Kier molecular flexibility index (Phi) is 3.18. The Morgan fingerprint density at radius 1 is 0.810 bits per heavy atom. The van der Waals surface area contributed by atoms with Crippen molar-refractivity contribution in [3.63, 3.8) is 0 Å². The van der Waals surface area contributed by atoms with Gasteiger partial charge in [0.25, 0.3) is 0 Å². The van der Waals surface area contributed by atoms with Gasteiger partial charge in [-0.15, -0.1) is 0 Å². The Morgan fingerprint density at radius 2 is 1.52 bits per heavy atom. The van der Waals surface area contributed by atoms with Gasteiger partial charge in [0.2, 0.25) is 0 Å². The molecule has 0 bridgehead atoms. The standard InChI is InChI=1S/C21H22/c1-2-15-7-8-18(11-15)19-9-10-20-12-16-5-3-4-6-17(16)13-21(20)14-19/h3-6,9-10,12-15,18H,2,7-8,11H2,1H3. The second kappa shape index (κ2) is 5.18. The summed E-state index contributed by atoms with van der Waals surface area (Å²) in [6.45, 7) is 2.33. The minimum absolute atomic E-state index is 0.783. The fourth-order valence-corrected chi connectivity index (χ4v) is 3.96. The molecule has 1 aliphatic rings. The summed E-state index contributed by atoms with van der Waals surface area (Å²) in [7, 11) is 0. The topological polar surface area (TPSA) is 0 Å². The third-order valence-electron chi connectivity index (χ3n) is 5.32. The lowest BCUT2D eigenvalue weighted by Gasteiger charge is -2.12. The van der Waals surface area contributed by atoms with Crippen molar-refractivity contribution in [2.45, 2.75) is 38.5 Å². The zero-order chi connectivity index (χ0) is 14.2. The smallest absolute Gasteiger partial charge is 0.0159 e. The van der Waals surface area contributed by atoms with Gasteiger partial charge in [0.1, 0.15) is 0 Å². The number of benzene rings is 3. The van der Waals surface area contributed by atoms with Crippen LogP contribution in [-0.2, 0) is 0 Å². The Morgan fingerprint density at radius 3 is 2.24 bits per heavy atom. The van der Waals surface area contributed by atoms with E-state index in [-0.39, 0.29) is 0 Å². The molecule has 1 saturated carbocycles. The molecule has 1 fully saturated rings. The van der Waals surface area contributed by atoms with Gasteiger partial charge >= 0.3 is 0 Å². The highest BCUT2D eigenvalue weighted by atomic mass is 14.3. The second-order valence-corrected chi connectivity index (χ2v) is 6.59. The number of hydrogen-bond donors (Lipinski definition) is 0. The molecule has 2 unspecified atom stereocenters. The van der Waals surface area contributed by atoms with E-state index in [0.29, 0.717) is 0 Å². The molecular weight excluding hydrogens is 252 g/mol. The second-order valence-electron chi connectivity index (χ2n) is 6.59. The zero-order valence-electron chi connectivity index (χ0n) is 12.7. The Hall–Kier alpha value is -1.82. The van der Waals surface area contributed by atoms with Crippen LogP contribution in [0.4, 0.5) is 0 Å². The average molecular weight is 274 g/mol. The van der Waals surface area contributed by atoms with E-state index >= 15 is 0 Å². The van der Waals surface area contributed by atoms with Crippen LogP contribution in [0.15, 0.2) is 54.6 Å². The van der Waals surface area contributed by atoms with Crippen LogP contribution < -0.4 is 0 Å². The van der Waals surface area contributed by atoms with Gasteiger partial charge in [-0.05, 0) is 70.3 Å². The summed E-state index contributed by atoms with van der Waals surface area (Å²) < 4.78 is 0. The van der Waals surface area contributed by atoms with Crippen molar-refractivity contribution in [3.05, 3.63) is 60.2 Å². The maximum Gasteiger partial charge on any atom is -0.0159 e. The van der Waals surface area contributed by atoms with Crippen LogP contribution in [-0.4, -0.2) is 0 Å². The van der Waals surface area contributed by atoms with E-state index in [2.05, 4.69) is 61.5 Å². The first-order valence-electron chi connectivity index (χ1n) is 8.26. The fraction of sp³-hybridized carbons (Fsp3) is 0.333. The van der Waals surface area contributed by atoms with Crippen LogP contribution in [0.3, 0.4) is 0 Å². The van der Waals surface area contributed by atoms with Gasteiger partial charge in [-0.2, -0.15) is 0 Å². The van der Waals surface area contributed by atoms with Gasteiger partial charge in [0.15, 0.2) is 0 Å². The molecule has 0 spiro atoms. The maximum absolute atomic E-state index is 2.44. The highest BCUT2D eigenvalue weighted by molar-refractivity contribution is 5.98. The highest BCUT2D eigenvalue weighted by Crippen LogP contribution is 2.40. The summed E-state index contributed by atoms with van der Waals surface area (Å²) >= 11 is 0. The van der Waals surface area contributed by atoms with Crippen molar-refractivity contribution in [1.82, 2.24) is 0 Å². The highest BCUT2D eigenvalue weighted by Gasteiger charge is 2.24. The molecule has 0 aromatic heterocycles. The average Bonchev–Trinajstić information content (AvgIpc) is 3.01. The van der Waals surface area contributed by atoms with Crippen molar-refractivity contribution in [2.75, 3.05) is 0 Å². The van der Waals surface area contributed by atoms with Crippen LogP contribution in [0, 0.1) is 5.92 Å². The minimum Gasteiger partial charge on any atom is -0.0651 e. The van der Waals surface area contributed by atoms with E-state index in [9.17, 15) is 0 Å². The first-order chi connectivity index (χ1) is 10.3. The van der Waals surface area contributed by atoms with Crippen molar-refractivity contribution < 1.29 is 0 Å². The number of fused-ring (bicyclic) bond motifs is 2. The lowest BCUT2D eigenvalue weighted by atomic mass is 9.93. The van der Waals surface area contributed by atoms with Crippen LogP contribution in [0.5, 0.6) is 0 Å². The summed E-state index contributed by atoms with van der Waals surface area (Å²) in [5.41, 5.74) is 1.55. The molecule has 1 aliphatic carbocycles. The first kappa shape index (κ1) is 12.9. The molecule has 4 rings (SSSR count). The molecule has 0 radical (unpaired) electrons. The van der Waals surface area contributed by atoms with Gasteiger partial charge in [-0.3, -0.25) is 0 Å². The molecular formula is C21H22. The first-order valence-corrected chi connectivity index (χ1v) is 8.26. The van der Waals surface area contributed by atoms with Crippen LogP contribution in [0.25, 0.3) is 21.5 Å². The lowest BCUT2D eigenvalue weighted by Crippen LogP contribution is -1.95. The van der Waals surface area contributed by atoms with Gasteiger partial charge in [-0.25, -0.2) is 0 Å². The van der Waals surface area contributed by atoms with Crippen molar-refractivity contribution >= 4 is 21.5 Å². The molecule has 106 valence electrons. The maximum atomic E-state index is 2.44. The van der Waals surface area contributed by atoms with Gasteiger partial charge < -0.3 is 0 Å². The molecule has 0 N–H and O–H groups in total. The zero-order valence-corrected chi connectivity index (χ0v) is 12.7. The summed E-state index contributed by atoms with van der Waals surface area (Å²) in [4.78, 5) is 0. The monoisotopic (exact) mass is 274 g/mol. The van der Waals surface area contributed by atoms with Gasteiger partial charge in [0.05, 0.1) is 0 Å². The molecule has 0 amide bonds. The van der Waals surface area contributed by atoms with Gasteiger partial charge in [0, 0.05) is 0 Å². The lowest BCUT2D eigenvalue weighted by molar-refractivity contribution is 0.521. The molecule has 0 heteroatoms. The molecule has 21 heavy (non-hydrogen) atoms. The minimum atomic E-state index is 0.783. The number of hydrogen-bond acceptors (Lipinski definition) is 0. The van der Waals surface area contributed by atoms with E-state index in [0.717, 1.165) is 11.8 Å². The molecule has 3 aromatic carbocycles. The van der Waals surface area contributed by atoms with Crippen LogP contribution in [0.1, 0.15) is 44.1 Å². The molecule has 0 saturated heterocycles. The summed E-state index contributed by atoms with van der Waals surface area (Å²) in [5.74, 6) is 1.73. The summed E-state index contributed by atoms with van der Waals surface area (Å²) in [6.07, 6.45) is 5.51. The summed E-state index contributed by atoms with van der Waals surface area (Å²) in [5, 5.41) is 5.44. The van der Waals surface area contributed by atoms with Crippen molar-refractivity contribution in [1.29, 1.82) is 0 Å². The largest absolute Gasteiger partial charge is 0.0651 e. The third kappa shape index (κ3) is 2.33. The van der Waals surface area contributed by atoms with E-state index < -0.39 is 0 Å². The normalized spacial score (nSPS) is 22.1. The predicted octanol–water partition coefficient (Wildman–Crippen LogP) is 6.29. The van der Waals surface area contributed by atoms with Crippen LogP contribution >= 0.6 is 0 Å². The quantitative estimate of drug-likeness (QED) is 0.482. The van der Waals surface area contributed by atoms with E-state index in [4.69, 9.17) is 0 Å². The van der Waals surface area contributed by atoms with Gasteiger partial charge in [-0.1, -0.05) is 55.8 Å². The van der Waals surface area contributed by atoms with E-state index in [1.54, 1.807) is 5.56 Å². The molecule has 0 heterocycles. The Balaban J connectivity index is 1.77. The number of rotatable bonds is 2. The molecule has 3 aromatic rings. The van der Waals surface area contributed by atoms with Crippen molar-refractivity contribution in [3.8, 4) is 0 Å². The molecule has 2 atom stereocenters. The SMILES string of the molecule is CCC1CCC(c2ccc3cc4ccccc4cc3c2)C1.